The molecule has 0 amide bonds. The van der Waals surface area contributed by atoms with E-state index in [9.17, 15) is 18.3 Å². The van der Waals surface area contributed by atoms with Gasteiger partial charge in [0.1, 0.15) is 4.21 Å². The minimum atomic E-state index is -3.86. The average molecular weight is 374 g/mol. The molecule has 0 saturated heterocycles. The van der Waals surface area contributed by atoms with Crippen molar-refractivity contribution in [2.45, 2.75) is 42.5 Å². The number of carboxylic acid groups (broad SMARTS) is 1. The smallest absolute Gasteiger partial charge is 0.338 e. The first-order valence-electron chi connectivity index (χ1n) is 8.04. The van der Waals surface area contributed by atoms with Crippen LogP contribution in [0.3, 0.4) is 0 Å². The molecule has 2 heterocycles. The summed E-state index contributed by atoms with van der Waals surface area (Å²) in [6.07, 6.45) is 3.15. The van der Waals surface area contributed by atoms with E-state index >= 15 is 0 Å². The minimum Gasteiger partial charge on any atom is -0.478 e. The Labute approximate surface area is 145 Å². The van der Waals surface area contributed by atoms with E-state index in [-0.39, 0.29) is 21.7 Å². The van der Waals surface area contributed by atoms with Gasteiger partial charge in [0.2, 0.25) is 0 Å². The first-order valence-corrected chi connectivity index (χ1v) is 10.3. The zero-order valence-corrected chi connectivity index (χ0v) is 15.1. The number of carboxylic acids is 1. The summed E-state index contributed by atoms with van der Waals surface area (Å²) in [5, 5.41) is 12.7. The van der Waals surface area contributed by atoms with E-state index in [1.54, 1.807) is 7.11 Å². The lowest BCUT2D eigenvalue weighted by Gasteiger charge is -2.20. The van der Waals surface area contributed by atoms with E-state index in [0.717, 1.165) is 35.5 Å². The van der Waals surface area contributed by atoms with E-state index in [1.807, 2.05) is 0 Å². The SMILES string of the molecule is COC[C@@H]1CCC[C@@H]1NS(=O)(=O)c1sc2c(c1C(=O)O)CCNC2. The third-order valence-electron chi connectivity index (χ3n) is 4.70. The normalized spacial score (nSPS) is 24.0. The number of hydrogen-bond donors (Lipinski definition) is 3. The van der Waals surface area contributed by atoms with Crippen LogP contribution in [-0.2, 0) is 27.7 Å². The first-order chi connectivity index (χ1) is 11.4. The number of ether oxygens (including phenoxy) is 1. The van der Waals surface area contributed by atoms with Crippen molar-refractivity contribution in [1.29, 1.82) is 0 Å². The Hall–Kier alpha value is -1.00. The highest BCUT2D eigenvalue weighted by Crippen LogP contribution is 2.35. The fourth-order valence-corrected chi connectivity index (χ4v) is 6.79. The Morgan fingerprint density at radius 2 is 2.25 bits per heavy atom. The second-order valence-corrected chi connectivity index (χ2v) is 9.29. The predicted octanol–water partition coefficient (Wildman–Crippen LogP) is 1.19. The van der Waals surface area contributed by atoms with Gasteiger partial charge in [0.15, 0.2) is 0 Å². The third-order valence-corrected chi connectivity index (χ3v) is 7.94. The largest absolute Gasteiger partial charge is 0.478 e. The van der Waals surface area contributed by atoms with Gasteiger partial charge in [0.05, 0.1) is 12.2 Å². The fraction of sp³-hybridized carbons (Fsp3) is 0.667. The van der Waals surface area contributed by atoms with Gasteiger partial charge in [-0.05, 0) is 37.3 Å². The van der Waals surface area contributed by atoms with Crippen molar-refractivity contribution in [3.8, 4) is 0 Å². The Morgan fingerprint density at radius 1 is 1.46 bits per heavy atom. The molecule has 1 saturated carbocycles. The molecule has 0 radical (unpaired) electrons. The molecule has 3 rings (SSSR count). The van der Waals surface area contributed by atoms with Crippen molar-refractivity contribution in [3.05, 3.63) is 16.0 Å². The van der Waals surface area contributed by atoms with Crippen molar-refractivity contribution in [1.82, 2.24) is 10.0 Å². The van der Waals surface area contributed by atoms with Crippen LogP contribution in [0.2, 0.25) is 0 Å². The summed E-state index contributed by atoms with van der Waals surface area (Å²) in [4.78, 5) is 12.5. The monoisotopic (exact) mass is 374 g/mol. The molecule has 0 bridgehead atoms. The van der Waals surface area contributed by atoms with Crippen LogP contribution in [0.15, 0.2) is 4.21 Å². The molecular weight excluding hydrogens is 352 g/mol. The van der Waals surface area contributed by atoms with E-state index in [2.05, 4.69) is 10.0 Å². The Morgan fingerprint density at radius 3 is 2.96 bits per heavy atom. The van der Waals surface area contributed by atoms with Crippen LogP contribution >= 0.6 is 11.3 Å². The topological polar surface area (TPSA) is 105 Å². The molecule has 24 heavy (non-hydrogen) atoms. The van der Waals surface area contributed by atoms with E-state index in [0.29, 0.717) is 31.7 Å². The lowest BCUT2D eigenvalue weighted by atomic mass is 10.1. The quantitative estimate of drug-likeness (QED) is 0.691. The van der Waals surface area contributed by atoms with Crippen molar-refractivity contribution in [2.24, 2.45) is 5.92 Å². The second kappa shape index (κ2) is 7.09. The van der Waals surface area contributed by atoms with Gasteiger partial charge in [0, 0.05) is 24.6 Å². The Kier molecular flexibility index (Phi) is 5.26. The maximum absolute atomic E-state index is 12.9. The van der Waals surface area contributed by atoms with Gasteiger partial charge in [-0.3, -0.25) is 0 Å². The van der Waals surface area contributed by atoms with Crippen LogP contribution in [0.1, 0.15) is 40.1 Å². The summed E-state index contributed by atoms with van der Waals surface area (Å²) in [6, 6.07) is -0.200. The number of thiophene rings is 1. The van der Waals surface area contributed by atoms with Crippen molar-refractivity contribution >= 4 is 27.3 Å². The highest BCUT2D eigenvalue weighted by atomic mass is 32.2. The molecule has 3 N–H and O–H groups in total. The number of carbonyl (C=O) groups is 1. The summed E-state index contributed by atoms with van der Waals surface area (Å²) in [5.74, 6) is -1.04. The van der Waals surface area contributed by atoms with E-state index in [1.165, 1.54) is 0 Å². The van der Waals surface area contributed by atoms with Gasteiger partial charge in [-0.15, -0.1) is 11.3 Å². The summed E-state index contributed by atoms with van der Waals surface area (Å²) in [5.41, 5.74) is 0.608. The molecule has 1 aliphatic carbocycles. The van der Waals surface area contributed by atoms with Gasteiger partial charge in [-0.2, -0.15) is 0 Å². The van der Waals surface area contributed by atoms with Crippen molar-refractivity contribution < 1.29 is 23.1 Å². The van der Waals surface area contributed by atoms with Gasteiger partial charge < -0.3 is 15.2 Å². The van der Waals surface area contributed by atoms with Crippen LogP contribution in [-0.4, -0.2) is 45.8 Å². The number of rotatable bonds is 6. The van der Waals surface area contributed by atoms with Gasteiger partial charge >= 0.3 is 5.97 Å². The molecule has 0 aromatic carbocycles. The van der Waals surface area contributed by atoms with Gasteiger partial charge in [-0.1, -0.05) is 6.42 Å². The fourth-order valence-electron chi connectivity index (χ4n) is 3.57. The number of fused-ring (bicyclic) bond motifs is 1. The highest BCUT2D eigenvalue weighted by Gasteiger charge is 2.36. The van der Waals surface area contributed by atoms with E-state index < -0.39 is 16.0 Å². The summed E-state index contributed by atoms with van der Waals surface area (Å²) in [7, 11) is -2.26. The van der Waals surface area contributed by atoms with Gasteiger partial charge in [-0.25, -0.2) is 17.9 Å². The number of methoxy groups -OCH3 is 1. The molecule has 0 spiro atoms. The molecule has 134 valence electrons. The average Bonchev–Trinajstić information content (AvgIpc) is 3.12. The third kappa shape index (κ3) is 3.36. The number of aromatic carboxylic acids is 1. The zero-order chi connectivity index (χ0) is 17.3. The standard InChI is InChI=1S/C15H22N2O5S2/c1-22-8-9-3-2-4-11(9)17-24(20,21)15-13(14(18)19)10-5-6-16-7-12(10)23-15/h9,11,16-17H,2-8H2,1H3,(H,18,19)/t9-,11-/m0/s1. The van der Waals surface area contributed by atoms with Crippen LogP contribution in [0.25, 0.3) is 0 Å². The summed E-state index contributed by atoms with van der Waals surface area (Å²) < 4.78 is 33.5. The Balaban J connectivity index is 1.92. The second-order valence-electron chi connectivity index (χ2n) is 6.27. The molecule has 2 atom stereocenters. The summed E-state index contributed by atoms with van der Waals surface area (Å²) in [6.45, 7) is 1.69. The van der Waals surface area contributed by atoms with Crippen LogP contribution in [0.5, 0.6) is 0 Å². The summed E-state index contributed by atoms with van der Waals surface area (Å²) >= 11 is 1.07. The molecule has 1 aromatic heterocycles. The predicted molar refractivity (Wildman–Crippen MR) is 90.0 cm³/mol. The molecule has 1 aromatic rings. The molecular formula is C15H22N2O5S2. The van der Waals surface area contributed by atoms with Crippen LogP contribution in [0, 0.1) is 5.92 Å². The lowest BCUT2D eigenvalue weighted by molar-refractivity contribution is 0.0692. The molecule has 7 nitrogen and oxygen atoms in total. The number of nitrogens with one attached hydrogen (secondary N) is 2. The maximum atomic E-state index is 12.9. The van der Waals surface area contributed by atoms with Crippen LogP contribution < -0.4 is 10.0 Å². The van der Waals surface area contributed by atoms with E-state index in [4.69, 9.17) is 4.74 Å². The van der Waals surface area contributed by atoms with Crippen LogP contribution in [0.4, 0.5) is 0 Å². The minimum absolute atomic E-state index is 0.0507. The highest BCUT2D eigenvalue weighted by molar-refractivity contribution is 7.91. The number of sulfonamides is 1. The lowest BCUT2D eigenvalue weighted by Crippen LogP contribution is -2.39. The van der Waals surface area contributed by atoms with Gasteiger partial charge in [0.25, 0.3) is 10.0 Å². The Bertz CT molecular complexity index is 728. The van der Waals surface area contributed by atoms with Crippen molar-refractivity contribution in [2.75, 3.05) is 20.3 Å². The number of hydrogen-bond acceptors (Lipinski definition) is 6. The molecule has 0 unspecified atom stereocenters. The molecule has 1 fully saturated rings. The first kappa shape index (κ1) is 17.8. The maximum Gasteiger partial charge on any atom is 0.338 e. The molecule has 1 aliphatic heterocycles. The van der Waals surface area contributed by atoms with Crippen molar-refractivity contribution in [3.63, 3.8) is 0 Å². The molecule has 2 aliphatic rings. The zero-order valence-electron chi connectivity index (χ0n) is 13.5. The molecule has 9 heteroatoms.